The standard InChI is InChI=1S/C17H19N5O2S/c1-9(2)7-11-5-6-12-14(18)15(25-17(12)19-11)16(23)20-13-8-22(10(3)4)21-24-13/h5-8,10H,1-4H3,(H2-,18,20,21,23). The summed E-state index contributed by atoms with van der Waals surface area (Å²) in [5.74, 6) is -0.315. The zero-order valence-corrected chi connectivity index (χ0v) is 15.3. The number of fused-ring (bicyclic) bond motifs is 1. The second-order valence-electron chi connectivity index (χ2n) is 6.19. The zero-order chi connectivity index (χ0) is 18.1. The Morgan fingerprint density at radius 1 is 1.40 bits per heavy atom. The van der Waals surface area contributed by atoms with E-state index in [9.17, 15) is 5.11 Å². The molecule has 3 rings (SSSR count). The average Bonchev–Trinajstić information content (AvgIpc) is 3.12. The van der Waals surface area contributed by atoms with Crippen LogP contribution in [0.3, 0.4) is 0 Å². The Balaban J connectivity index is 2.00. The Bertz CT molecular complexity index is 980. The molecule has 0 spiro atoms. The highest BCUT2D eigenvalue weighted by Gasteiger charge is 2.16. The van der Waals surface area contributed by atoms with Gasteiger partial charge in [0.1, 0.15) is 4.83 Å². The summed E-state index contributed by atoms with van der Waals surface area (Å²) in [4.78, 5) is 9.56. The Kier molecular flexibility index (Phi) is 4.54. The molecule has 0 saturated carbocycles. The zero-order valence-electron chi connectivity index (χ0n) is 14.5. The van der Waals surface area contributed by atoms with Crippen molar-refractivity contribution in [3.63, 3.8) is 0 Å². The normalized spacial score (nSPS) is 12.1. The van der Waals surface area contributed by atoms with E-state index in [1.165, 1.54) is 11.3 Å². The summed E-state index contributed by atoms with van der Waals surface area (Å²) in [5.41, 5.74) is 8.49. The first kappa shape index (κ1) is 17.1. The number of pyridine rings is 1. The second kappa shape index (κ2) is 6.64. The summed E-state index contributed by atoms with van der Waals surface area (Å²) in [5, 5.41) is 17.0. The van der Waals surface area contributed by atoms with Gasteiger partial charge in [-0.2, -0.15) is 0 Å². The van der Waals surface area contributed by atoms with Crippen LogP contribution in [0.1, 0.15) is 44.3 Å². The van der Waals surface area contributed by atoms with Crippen molar-refractivity contribution in [2.24, 2.45) is 4.99 Å². The molecule has 0 amide bonds. The van der Waals surface area contributed by atoms with Gasteiger partial charge in [-0.25, -0.2) is 9.98 Å². The number of anilines is 1. The van der Waals surface area contributed by atoms with Gasteiger partial charge in [0.25, 0.3) is 6.20 Å². The second-order valence-corrected chi connectivity index (χ2v) is 7.19. The van der Waals surface area contributed by atoms with Crippen LogP contribution in [0.5, 0.6) is 0 Å². The molecule has 3 heterocycles. The fourth-order valence-electron chi connectivity index (χ4n) is 2.24. The predicted molar refractivity (Wildman–Crippen MR) is 96.6 cm³/mol. The number of rotatable bonds is 4. The number of allylic oxidation sites excluding steroid dienone is 1. The molecule has 0 radical (unpaired) electrons. The van der Waals surface area contributed by atoms with E-state index in [0.29, 0.717) is 15.4 Å². The summed E-state index contributed by atoms with van der Waals surface area (Å²) >= 11 is 1.23. The van der Waals surface area contributed by atoms with Crippen molar-refractivity contribution in [1.82, 2.24) is 10.3 Å². The van der Waals surface area contributed by atoms with Crippen LogP contribution in [-0.2, 0) is 0 Å². The lowest BCUT2D eigenvalue weighted by Crippen LogP contribution is -2.36. The number of hydrogen-bond donors (Lipinski definition) is 1. The van der Waals surface area contributed by atoms with E-state index in [-0.39, 0.29) is 11.9 Å². The summed E-state index contributed by atoms with van der Waals surface area (Å²) in [6, 6.07) is 3.88. The van der Waals surface area contributed by atoms with Crippen molar-refractivity contribution >= 4 is 45.1 Å². The smallest absolute Gasteiger partial charge is 0.320 e. The van der Waals surface area contributed by atoms with Crippen LogP contribution in [0.4, 0.5) is 11.6 Å². The van der Waals surface area contributed by atoms with Gasteiger partial charge in [-0.15, -0.1) is 11.3 Å². The molecule has 0 aliphatic heterocycles. The van der Waals surface area contributed by atoms with E-state index >= 15 is 0 Å². The molecule has 0 aliphatic rings. The summed E-state index contributed by atoms with van der Waals surface area (Å²) in [7, 11) is 0. The molecule has 0 saturated heterocycles. The van der Waals surface area contributed by atoms with Gasteiger partial charge in [-0.1, -0.05) is 5.57 Å². The highest BCUT2D eigenvalue weighted by atomic mass is 32.1. The molecule has 0 aliphatic carbocycles. The minimum absolute atomic E-state index is 0.120. The van der Waals surface area contributed by atoms with Gasteiger partial charge in [0.2, 0.25) is 5.27 Å². The maximum absolute atomic E-state index is 12.5. The molecule has 0 unspecified atom stereocenters. The molecule has 0 bridgehead atoms. The molecular formula is C17H19N5O2S. The van der Waals surface area contributed by atoms with Crippen LogP contribution in [0, 0.1) is 0 Å². The molecule has 3 aromatic rings. The fourth-order valence-corrected chi connectivity index (χ4v) is 3.22. The van der Waals surface area contributed by atoms with Crippen LogP contribution < -0.4 is 15.5 Å². The first-order chi connectivity index (χ1) is 11.8. The topological polar surface area (TPSA) is 104 Å². The number of thiophene rings is 1. The van der Waals surface area contributed by atoms with Gasteiger partial charge in [0, 0.05) is 11.3 Å². The van der Waals surface area contributed by atoms with Crippen LogP contribution in [0.25, 0.3) is 16.3 Å². The monoisotopic (exact) mass is 357 g/mol. The average molecular weight is 357 g/mol. The highest BCUT2D eigenvalue weighted by Crippen LogP contribution is 2.33. The van der Waals surface area contributed by atoms with E-state index < -0.39 is 5.90 Å². The molecule has 8 heteroatoms. The Labute approximate surface area is 149 Å². The van der Waals surface area contributed by atoms with E-state index in [2.05, 4.69) is 15.2 Å². The third-order valence-corrected chi connectivity index (χ3v) is 4.56. The first-order valence-electron chi connectivity index (χ1n) is 7.83. The maximum atomic E-state index is 12.5. The van der Waals surface area contributed by atoms with Gasteiger partial charge in [0.05, 0.1) is 16.3 Å². The van der Waals surface area contributed by atoms with Crippen molar-refractivity contribution in [1.29, 1.82) is 0 Å². The lowest BCUT2D eigenvalue weighted by atomic mass is 10.2. The van der Waals surface area contributed by atoms with E-state index in [4.69, 9.17) is 10.3 Å². The van der Waals surface area contributed by atoms with Crippen molar-refractivity contribution in [3.8, 4) is 0 Å². The van der Waals surface area contributed by atoms with Crippen LogP contribution in [-0.4, -0.2) is 16.2 Å². The summed E-state index contributed by atoms with van der Waals surface area (Å²) in [6.07, 6.45) is 3.55. The van der Waals surface area contributed by atoms with Crippen molar-refractivity contribution < 1.29 is 14.3 Å². The number of aliphatic imine (C=N–C) groups is 1. The summed E-state index contributed by atoms with van der Waals surface area (Å²) in [6.45, 7) is 7.91. The molecule has 2 N–H and O–H groups in total. The molecule has 25 heavy (non-hydrogen) atoms. The Morgan fingerprint density at radius 2 is 2.16 bits per heavy atom. The van der Waals surface area contributed by atoms with Crippen LogP contribution >= 0.6 is 11.3 Å². The molecule has 130 valence electrons. The third kappa shape index (κ3) is 3.53. The predicted octanol–water partition coefficient (Wildman–Crippen LogP) is 2.60. The Hall–Kier alpha value is -2.74. The van der Waals surface area contributed by atoms with Crippen molar-refractivity contribution in [2.75, 3.05) is 5.73 Å². The van der Waals surface area contributed by atoms with Gasteiger partial charge >= 0.3 is 5.88 Å². The number of aromatic nitrogens is 3. The minimum Gasteiger partial charge on any atom is -0.857 e. The molecule has 0 aromatic carbocycles. The maximum Gasteiger partial charge on any atom is 0.320 e. The molecule has 7 nitrogen and oxygen atoms in total. The quantitative estimate of drug-likeness (QED) is 0.439. The Morgan fingerprint density at radius 3 is 2.80 bits per heavy atom. The largest absolute Gasteiger partial charge is 0.857 e. The van der Waals surface area contributed by atoms with Gasteiger partial charge < -0.3 is 10.8 Å². The number of hydrogen-bond acceptors (Lipinski definition) is 7. The van der Waals surface area contributed by atoms with Gasteiger partial charge in [0.15, 0.2) is 6.04 Å². The number of nitrogens with zero attached hydrogens (tertiary/aromatic N) is 4. The molecule has 0 fully saturated rings. The van der Waals surface area contributed by atoms with E-state index in [1.54, 1.807) is 10.9 Å². The molecule has 3 aromatic heterocycles. The van der Waals surface area contributed by atoms with Gasteiger partial charge in [-0.3, -0.25) is 4.52 Å². The minimum atomic E-state index is -0.462. The number of nitrogen functional groups attached to an aromatic ring is 1. The summed E-state index contributed by atoms with van der Waals surface area (Å²) < 4.78 is 6.65. The van der Waals surface area contributed by atoms with Gasteiger partial charge in [-0.05, 0) is 50.6 Å². The molecular weight excluding hydrogens is 338 g/mol. The first-order valence-corrected chi connectivity index (χ1v) is 8.65. The van der Waals surface area contributed by atoms with Crippen molar-refractivity contribution in [2.45, 2.75) is 33.7 Å². The lowest BCUT2D eigenvalue weighted by Gasteiger charge is -2.06. The highest BCUT2D eigenvalue weighted by molar-refractivity contribution is 7.21. The van der Waals surface area contributed by atoms with Crippen molar-refractivity contribution in [3.05, 3.63) is 34.5 Å². The lowest BCUT2D eigenvalue weighted by molar-refractivity contribution is -0.779. The SMILES string of the molecule is CC(C)=Cc1ccc2c(N)c(/C([O-])=N/c3c[n+](C(C)C)no3)sc2n1. The van der Waals surface area contributed by atoms with E-state index in [1.807, 2.05) is 45.9 Å². The van der Waals surface area contributed by atoms with E-state index in [0.717, 1.165) is 16.7 Å². The third-order valence-electron chi connectivity index (χ3n) is 3.46. The number of nitrogens with two attached hydrogens (primary N) is 1. The van der Waals surface area contributed by atoms with Crippen LogP contribution in [0.15, 0.2) is 33.4 Å². The molecule has 0 atom stereocenters. The van der Waals surface area contributed by atoms with Crippen LogP contribution in [0.2, 0.25) is 0 Å². The fraction of sp³-hybridized carbons (Fsp3) is 0.294.